The number of ketones is 1. The highest BCUT2D eigenvalue weighted by molar-refractivity contribution is 6.01. The number of aromatic nitrogens is 2. The van der Waals surface area contributed by atoms with Gasteiger partial charge in [0, 0.05) is 12.4 Å². The molecule has 1 aromatic rings. The molecular formula is C12H18N4O3. The lowest BCUT2D eigenvalue weighted by molar-refractivity contribution is -0.117. The van der Waals surface area contributed by atoms with Crippen LogP contribution in [0.15, 0.2) is 18.5 Å². The van der Waals surface area contributed by atoms with Crippen LogP contribution in [-0.4, -0.2) is 39.6 Å². The maximum absolute atomic E-state index is 11.6. The van der Waals surface area contributed by atoms with E-state index in [0.29, 0.717) is 0 Å². The van der Waals surface area contributed by atoms with Crippen LogP contribution in [0.2, 0.25) is 0 Å². The van der Waals surface area contributed by atoms with Crippen LogP contribution in [0.4, 0.5) is 4.79 Å². The van der Waals surface area contributed by atoms with E-state index in [1.807, 2.05) is 0 Å². The molecule has 0 radical (unpaired) electrons. The first kappa shape index (κ1) is 14.9. The molecule has 2 N–H and O–H groups in total. The van der Waals surface area contributed by atoms with E-state index in [2.05, 4.69) is 10.4 Å². The zero-order valence-corrected chi connectivity index (χ0v) is 11.3. The number of nitrogens with zero attached hydrogens (tertiary/aromatic N) is 2. The Morgan fingerprint density at radius 1 is 1.42 bits per heavy atom. The molecular weight excluding hydrogens is 248 g/mol. The van der Waals surface area contributed by atoms with E-state index in [1.54, 1.807) is 33.0 Å². The van der Waals surface area contributed by atoms with Crippen molar-refractivity contribution in [2.24, 2.45) is 0 Å². The average Bonchev–Trinajstić information content (AvgIpc) is 2.77. The zero-order chi connectivity index (χ0) is 14.5. The fraction of sp³-hybridized carbons (Fsp3) is 0.500. The molecule has 0 aliphatic heterocycles. The SMILES string of the molecule is CC(C)(C)OC(=O)NCC(=O)CC(=N)n1cccn1. The molecule has 0 fully saturated rings. The summed E-state index contributed by atoms with van der Waals surface area (Å²) in [6.45, 7) is 5.05. The molecule has 0 aliphatic carbocycles. The second-order valence-electron chi connectivity index (χ2n) is 4.97. The smallest absolute Gasteiger partial charge is 0.408 e. The minimum atomic E-state index is -0.647. The predicted octanol–water partition coefficient (Wildman–Crippen LogP) is 1.19. The Morgan fingerprint density at radius 3 is 2.63 bits per heavy atom. The van der Waals surface area contributed by atoms with Crippen molar-refractivity contribution < 1.29 is 14.3 Å². The van der Waals surface area contributed by atoms with Crippen molar-refractivity contribution in [1.29, 1.82) is 5.41 Å². The third-order valence-corrected chi connectivity index (χ3v) is 1.97. The Morgan fingerprint density at radius 2 is 2.11 bits per heavy atom. The van der Waals surface area contributed by atoms with Gasteiger partial charge < -0.3 is 10.1 Å². The second kappa shape index (κ2) is 6.12. The molecule has 0 saturated carbocycles. The topological polar surface area (TPSA) is 97.1 Å². The summed E-state index contributed by atoms with van der Waals surface area (Å²) in [5.41, 5.74) is -0.602. The summed E-state index contributed by atoms with van der Waals surface area (Å²) in [6, 6.07) is 1.66. The number of nitrogens with one attached hydrogen (secondary N) is 2. The fourth-order valence-corrected chi connectivity index (χ4v) is 1.24. The number of carbonyl (C=O) groups is 2. The van der Waals surface area contributed by atoms with Gasteiger partial charge in [-0.2, -0.15) is 5.10 Å². The molecule has 1 heterocycles. The molecule has 0 bridgehead atoms. The largest absolute Gasteiger partial charge is 0.444 e. The lowest BCUT2D eigenvalue weighted by atomic mass is 10.2. The monoisotopic (exact) mass is 266 g/mol. The molecule has 7 nitrogen and oxygen atoms in total. The van der Waals surface area contributed by atoms with E-state index in [4.69, 9.17) is 10.1 Å². The molecule has 1 aromatic heterocycles. The van der Waals surface area contributed by atoms with Crippen LogP contribution in [0, 0.1) is 5.41 Å². The first-order valence-electron chi connectivity index (χ1n) is 5.84. The van der Waals surface area contributed by atoms with Crippen LogP contribution in [0.5, 0.6) is 0 Å². The number of Topliss-reactive ketones (excluding diaryl/α,β-unsaturated/α-hetero) is 1. The normalized spacial score (nSPS) is 10.9. The zero-order valence-electron chi connectivity index (χ0n) is 11.3. The van der Waals surface area contributed by atoms with Gasteiger partial charge in [0.2, 0.25) is 0 Å². The van der Waals surface area contributed by atoms with Gasteiger partial charge in [0.15, 0.2) is 5.78 Å². The first-order chi connectivity index (χ1) is 8.78. The lowest BCUT2D eigenvalue weighted by Crippen LogP contribution is -2.36. The highest BCUT2D eigenvalue weighted by Gasteiger charge is 2.17. The van der Waals surface area contributed by atoms with Gasteiger partial charge in [-0.3, -0.25) is 10.2 Å². The summed E-state index contributed by atoms with van der Waals surface area (Å²) in [6.07, 6.45) is 2.36. The highest BCUT2D eigenvalue weighted by Crippen LogP contribution is 2.06. The third-order valence-electron chi connectivity index (χ3n) is 1.97. The summed E-state index contributed by atoms with van der Waals surface area (Å²) >= 11 is 0. The second-order valence-corrected chi connectivity index (χ2v) is 4.97. The number of rotatable bonds is 4. The molecule has 7 heteroatoms. The van der Waals surface area contributed by atoms with Crippen LogP contribution >= 0.6 is 0 Å². The molecule has 0 saturated heterocycles. The van der Waals surface area contributed by atoms with Gasteiger partial charge in [-0.05, 0) is 26.8 Å². The van der Waals surface area contributed by atoms with Gasteiger partial charge >= 0.3 is 6.09 Å². The van der Waals surface area contributed by atoms with E-state index < -0.39 is 11.7 Å². The van der Waals surface area contributed by atoms with E-state index in [-0.39, 0.29) is 24.6 Å². The summed E-state index contributed by atoms with van der Waals surface area (Å²) in [5, 5.41) is 13.8. The Bertz CT molecular complexity index is 460. The average molecular weight is 266 g/mol. The molecule has 0 spiro atoms. The summed E-state index contributed by atoms with van der Waals surface area (Å²) in [7, 11) is 0. The van der Waals surface area contributed by atoms with Gasteiger partial charge in [0.1, 0.15) is 11.4 Å². The van der Waals surface area contributed by atoms with E-state index in [9.17, 15) is 9.59 Å². The Kier molecular flexibility index (Phi) is 4.80. The van der Waals surface area contributed by atoms with Crippen molar-refractivity contribution in [3.05, 3.63) is 18.5 Å². The number of carbonyl (C=O) groups excluding carboxylic acids is 2. The minimum absolute atomic E-state index is 0.0565. The van der Waals surface area contributed by atoms with Crippen molar-refractivity contribution >= 4 is 17.7 Å². The van der Waals surface area contributed by atoms with Gasteiger partial charge in [-0.15, -0.1) is 0 Å². The molecule has 1 rings (SSSR count). The van der Waals surface area contributed by atoms with Crippen LogP contribution in [-0.2, 0) is 9.53 Å². The van der Waals surface area contributed by atoms with Crippen LogP contribution in [0.25, 0.3) is 0 Å². The highest BCUT2D eigenvalue weighted by atomic mass is 16.6. The van der Waals surface area contributed by atoms with Gasteiger partial charge in [0.05, 0.1) is 13.0 Å². The molecule has 19 heavy (non-hydrogen) atoms. The van der Waals surface area contributed by atoms with E-state index >= 15 is 0 Å². The molecule has 104 valence electrons. The Hall–Kier alpha value is -2.18. The van der Waals surface area contributed by atoms with Crippen LogP contribution < -0.4 is 5.32 Å². The number of ether oxygens (including phenoxy) is 1. The van der Waals surface area contributed by atoms with Crippen molar-refractivity contribution in [2.75, 3.05) is 6.54 Å². The van der Waals surface area contributed by atoms with Crippen LogP contribution in [0.1, 0.15) is 27.2 Å². The fourth-order valence-electron chi connectivity index (χ4n) is 1.24. The first-order valence-corrected chi connectivity index (χ1v) is 5.84. The summed E-state index contributed by atoms with van der Waals surface area (Å²) < 4.78 is 6.29. The van der Waals surface area contributed by atoms with Gasteiger partial charge in [-0.25, -0.2) is 9.48 Å². The van der Waals surface area contributed by atoms with Crippen molar-refractivity contribution in [2.45, 2.75) is 32.8 Å². The summed E-state index contributed by atoms with van der Waals surface area (Å²) in [4.78, 5) is 22.9. The van der Waals surface area contributed by atoms with E-state index in [1.165, 1.54) is 10.9 Å². The number of hydrogen-bond acceptors (Lipinski definition) is 5. The molecule has 0 unspecified atom stereocenters. The lowest BCUT2D eigenvalue weighted by Gasteiger charge is -2.19. The maximum atomic E-state index is 11.6. The quantitative estimate of drug-likeness (QED) is 0.632. The maximum Gasteiger partial charge on any atom is 0.408 e. The minimum Gasteiger partial charge on any atom is -0.444 e. The Balaban J connectivity index is 2.32. The predicted molar refractivity (Wildman–Crippen MR) is 69.2 cm³/mol. The van der Waals surface area contributed by atoms with Crippen molar-refractivity contribution in [3.8, 4) is 0 Å². The molecule has 0 aliphatic rings. The van der Waals surface area contributed by atoms with Gasteiger partial charge in [0.25, 0.3) is 0 Å². The standard InChI is InChI=1S/C12H18N4O3/c1-12(2,3)19-11(18)14-8-9(17)7-10(13)16-6-4-5-15-16/h4-6,13H,7-8H2,1-3H3,(H,14,18). The van der Waals surface area contributed by atoms with Crippen molar-refractivity contribution in [1.82, 2.24) is 15.1 Å². The summed E-state index contributed by atoms with van der Waals surface area (Å²) in [5.74, 6) is -0.229. The van der Waals surface area contributed by atoms with E-state index in [0.717, 1.165) is 0 Å². The third kappa shape index (κ3) is 5.80. The Labute approximate surface area is 111 Å². The molecule has 0 aromatic carbocycles. The molecule has 1 amide bonds. The number of alkyl carbamates (subject to hydrolysis) is 1. The number of amides is 1. The van der Waals surface area contributed by atoms with Crippen molar-refractivity contribution in [3.63, 3.8) is 0 Å². The molecule has 0 atom stereocenters. The van der Waals surface area contributed by atoms with Crippen LogP contribution in [0.3, 0.4) is 0 Å². The number of hydrogen-bond donors (Lipinski definition) is 2. The van der Waals surface area contributed by atoms with Gasteiger partial charge in [-0.1, -0.05) is 0 Å².